The molecule has 0 aromatic carbocycles. The Morgan fingerprint density at radius 1 is 1.36 bits per heavy atom. The van der Waals surface area contributed by atoms with Crippen LogP contribution in [0.5, 0.6) is 0 Å². The van der Waals surface area contributed by atoms with Crippen LogP contribution in [0.25, 0.3) is 0 Å². The van der Waals surface area contributed by atoms with Crippen molar-refractivity contribution in [2.75, 3.05) is 0 Å². The molecule has 2 heteroatoms. The summed E-state index contributed by atoms with van der Waals surface area (Å²) in [4.78, 5) is 10.3. The molecule has 11 heavy (non-hydrogen) atoms. The molecule has 2 nitrogen and oxygen atoms in total. The molecule has 0 aliphatic carbocycles. The number of carbonyl (C=O) groups is 1. The van der Waals surface area contributed by atoms with Gasteiger partial charge >= 0.3 is 0 Å². The average Bonchev–Trinajstić information content (AvgIpc) is 1.96. The van der Waals surface area contributed by atoms with Gasteiger partial charge in [0.15, 0.2) is 0 Å². The van der Waals surface area contributed by atoms with Crippen LogP contribution in [-0.4, -0.2) is 5.91 Å². The fraction of sp³-hybridized carbons (Fsp3) is 0.444. The first-order chi connectivity index (χ1) is 5.27. The molecule has 0 radical (unpaired) electrons. The molecule has 1 amide bonds. The van der Waals surface area contributed by atoms with E-state index in [1.165, 1.54) is 0 Å². The standard InChI is InChI=1S/C9H15NO/c1-2-3-4-5-6-7-8-9(10)11/h3-6H,2,7-8H2,1H3,(H2,10,11)/b4-3+,6-5+. The number of nitrogens with two attached hydrogens (primary N) is 1. The highest BCUT2D eigenvalue weighted by Gasteiger charge is 1.87. The summed E-state index contributed by atoms with van der Waals surface area (Å²) in [5.41, 5.74) is 4.94. The number of hydrogen-bond acceptors (Lipinski definition) is 1. The van der Waals surface area contributed by atoms with Crippen LogP contribution in [0.2, 0.25) is 0 Å². The van der Waals surface area contributed by atoms with E-state index in [2.05, 4.69) is 13.0 Å². The molecule has 0 heterocycles. The lowest BCUT2D eigenvalue weighted by Gasteiger charge is -1.85. The maximum absolute atomic E-state index is 10.3. The molecule has 0 spiro atoms. The first-order valence-electron chi connectivity index (χ1n) is 3.87. The van der Waals surface area contributed by atoms with Crippen LogP contribution in [0.1, 0.15) is 26.2 Å². The van der Waals surface area contributed by atoms with E-state index < -0.39 is 0 Å². The molecular weight excluding hydrogens is 138 g/mol. The van der Waals surface area contributed by atoms with E-state index in [0.29, 0.717) is 6.42 Å². The lowest BCUT2D eigenvalue weighted by Crippen LogP contribution is -2.08. The molecule has 0 aliphatic heterocycles. The predicted molar refractivity (Wildman–Crippen MR) is 47.0 cm³/mol. The van der Waals surface area contributed by atoms with Gasteiger partial charge in [0.2, 0.25) is 5.91 Å². The fourth-order valence-corrected chi connectivity index (χ4v) is 0.615. The van der Waals surface area contributed by atoms with Crippen LogP contribution in [0.4, 0.5) is 0 Å². The minimum Gasteiger partial charge on any atom is -0.370 e. The van der Waals surface area contributed by atoms with Crippen molar-refractivity contribution < 1.29 is 4.79 Å². The summed E-state index contributed by atoms with van der Waals surface area (Å²) < 4.78 is 0. The second kappa shape index (κ2) is 7.06. The van der Waals surface area contributed by atoms with Crippen molar-refractivity contribution in [2.24, 2.45) is 5.73 Å². The van der Waals surface area contributed by atoms with Gasteiger partial charge in [0.05, 0.1) is 0 Å². The van der Waals surface area contributed by atoms with E-state index in [1.54, 1.807) is 0 Å². The van der Waals surface area contributed by atoms with Crippen LogP contribution in [0, 0.1) is 0 Å². The highest BCUT2D eigenvalue weighted by atomic mass is 16.1. The fourth-order valence-electron chi connectivity index (χ4n) is 0.615. The monoisotopic (exact) mass is 153 g/mol. The maximum Gasteiger partial charge on any atom is 0.217 e. The van der Waals surface area contributed by atoms with E-state index >= 15 is 0 Å². The summed E-state index contributed by atoms with van der Waals surface area (Å²) in [5.74, 6) is -0.242. The Kier molecular flexibility index (Phi) is 6.39. The van der Waals surface area contributed by atoms with Crippen LogP contribution >= 0.6 is 0 Å². The van der Waals surface area contributed by atoms with Crippen molar-refractivity contribution in [2.45, 2.75) is 26.2 Å². The van der Waals surface area contributed by atoms with Crippen LogP contribution in [0.15, 0.2) is 24.3 Å². The van der Waals surface area contributed by atoms with Gasteiger partial charge in [-0.15, -0.1) is 0 Å². The van der Waals surface area contributed by atoms with Crippen molar-refractivity contribution in [3.63, 3.8) is 0 Å². The third-order valence-electron chi connectivity index (χ3n) is 1.18. The summed E-state index contributed by atoms with van der Waals surface area (Å²) in [6.07, 6.45) is 10.1. The van der Waals surface area contributed by atoms with E-state index in [9.17, 15) is 4.79 Å². The smallest absolute Gasteiger partial charge is 0.217 e. The Balaban J connectivity index is 3.30. The van der Waals surface area contributed by atoms with E-state index in [-0.39, 0.29) is 5.91 Å². The van der Waals surface area contributed by atoms with Crippen molar-refractivity contribution in [1.29, 1.82) is 0 Å². The quantitative estimate of drug-likeness (QED) is 0.601. The van der Waals surface area contributed by atoms with Crippen molar-refractivity contribution in [3.05, 3.63) is 24.3 Å². The van der Waals surface area contributed by atoms with Gasteiger partial charge in [-0.2, -0.15) is 0 Å². The topological polar surface area (TPSA) is 43.1 Å². The molecule has 0 saturated heterocycles. The third-order valence-corrected chi connectivity index (χ3v) is 1.18. The van der Waals surface area contributed by atoms with Crippen molar-refractivity contribution in [1.82, 2.24) is 0 Å². The average molecular weight is 153 g/mol. The normalized spacial score (nSPS) is 11.4. The van der Waals surface area contributed by atoms with Crippen molar-refractivity contribution in [3.8, 4) is 0 Å². The molecule has 0 bridgehead atoms. The minimum atomic E-state index is -0.242. The molecule has 0 aromatic heterocycles. The van der Waals surface area contributed by atoms with Crippen LogP contribution in [0.3, 0.4) is 0 Å². The van der Waals surface area contributed by atoms with Gasteiger partial charge in [0, 0.05) is 6.42 Å². The van der Waals surface area contributed by atoms with Gasteiger partial charge in [-0.05, 0) is 12.8 Å². The largest absolute Gasteiger partial charge is 0.370 e. The second-order valence-corrected chi connectivity index (χ2v) is 2.27. The van der Waals surface area contributed by atoms with Gasteiger partial charge in [0.25, 0.3) is 0 Å². The first kappa shape index (κ1) is 9.95. The Morgan fingerprint density at radius 3 is 2.55 bits per heavy atom. The minimum absolute atomic E-state index is 0.242. The third kappa shape index (κ3) is 8.95. The van der Waals surface area contributed by atoms with Crippen LogP contribution < -0.4 is 5.73 Å². The number of primary amides is 1. The zero-order valence-electron chi connectivity index (χ0n) is 6.92. The summed E-state index contributed by atoms with van der Waals surface area (Å²) in [6.45, 7) is 2.08. The van der Waals surface area contributed by atoms with E-state index in [1.807, 2.05) is 18.2 Å². The summed E-state index contributed by atoms with van der Waals surface area (Å²) in [5, 5.41) is 0. The molecule has 62 valence electrons. The number of hydrogen-bond donors (Lipinski definition) is 1. The first-order valence-corrected chi connectivity index (χ1v) is 3.87. The highest BCUT2D eigenvalue weighted by Crippen LogP contribution is 1.90. The SMILES string of the molecule is CC/C=C/C=C/CCC(N)=O. The van der Waals surface area contributed by atoms with Crippen LogP contribution in [-0.2, 0) is 4.79 Å². The summed E-state index contributed by atoms with van der Waals surface area (Å²) in [6, 6.07) is 0. The molecule has 0 fully saturated rings. The molecule has 0 saturated carbocycles. The van der Waals surface area contributed by atoms with Gasteiger partial charge < -0.3 is 5.73 Å². The number of rotatable bonds is 5. The predicted octanol–water partition coefficient (Wildman–Crippen LogP) is 1.77. The molecule has 2 N–H and O–H groups in total. The molecule has 0 rings (SSSR count). The van der Waals surface area contributed by atoms with Gasteiger partial charge in [-0.25, -0.2) is 0 Å². The Labute approximate surface area is 67.8 Å². The highest BCUT2D eigenvalue weighted by molar-refractivity contribution is 5.73. The number of allylic oxidation sites excluding steroid dienone is 4. The van der Waals surface area contributed by atoms with Gasteiger partial charge in [-0.3, -0.25) is 4.79 Å². The van der Waals surface area contributed by atoms with Gasteiger partial charge in [0.1, 0.15) is 0 Å². The lowest BCUT2D eigenvalue weighted by atomic mass is 10.2. The van der Waals surface area contributed by atoms with E-state index in [0.717, 1.165) is 12.8 Å². The Bertz CT molecular complexity index is 159. The summed E-state index contributed by atoms with van der Waals surface area (Å²) >= 11 is 0. The molecule has 0 unspecified atom stereocenters. The molecular formula is C9H15NO. The zero-order chi connectivity index (χ0) is 8.53. The molecule has 0 atom stereocenters. The van der Waals surface area contributed by atoms with E-state index in [4.69, 9.17) is 5.73 Å². The Hall–Kier alpha value is -1.05. The molecule has 0 aliphatic rings. The Morgan fingerprint density at radius 2 is 2.00 bits per heavy atom. The summed E-state index contributed by atoms with van der Waals surface area (Å²) in [7, 11) is 0. The van der Waals surface area contributed by atoms with Crippen molar-refractivity contribution >= 4 is 5.91 Å². The maximum atomic E-state index is 10.3. The zero-order valence-corrected chi connectivity index (χ0v) is 6.92. The van der Waals surface area contributed by atoms with Gasteiger partial charge in [-0.1, -0.05) is 31.2 Å². The molecule has 0 aromatic rings. The second-order valence-electron chi connectivity index (χ2n) is 2.27. The lowest BCUT2D eigenvalue weighted by molar-refractivity contribution is -0.117. The number of amides is 1. The number of carbonyl (C=O) groups excluding carboxylic acids is 1.